The molecule has 24 heavy (non-hydrogen) atoms. The summed E-state index contributed by atoms with van der Waals surface area (Å²) >= 11 is 0. The molecular weight excluding hydrogens is 439 g/mol. The zero-order chi connectivity index (χ0) is 17.1. The van der Waals surface area contributed by atoms with Crippen LogP contribution in [0.15, 0.2) is 34.2 Å². The van der Waals surface area contributed by atoms with Crippen LogP contribution in [0.2, 0.25) is 0 Å². The Morgan fingerprint density at radius 1 is 1.08 bits per heavy atom. The minimum Gasteiger partial charge on any atom is -0.370 e. The van der Waals surface area contributed by atoms with E-state index in [0.29, 0.717) is 12.5 Å². The maximum atomic E-state index is 11.2. The number of hydrogen-bond acceptors (Lipinski definition) is 3. The van der Waals surface area contributed by atoms with Crippen molar-refractivity contribution in [3.8, 4) is 0 Å². The number of benzene rings is 1. The Kier molecular flexibility index (Phi) is 12.0. The summed E-state index contributed by atoms with van der Waals surface area (Å²) in [5.41, 5.74) is 6.68. The number of rotatable bonds is 10. The maximum Gasteiger partial charge on any atom is 0.238 e. The van der Waals surface area contributed by atoms with Crippen LogP contribution in [0.5, 0.6) is 0 Å². The molecule has 0 bridgehead atoms. The van der Waals surface area contributed by atoms with Crippen LogP contribution in [0.3, 0.4) is 0 Å². The molecule has 0 saturated heterocycles. The first-order valence-corrected chi connectivity index (χ1v) is 9.63. The largest absolute Gasteiger partial charge is 0.370 e. The van der Waals surface area contributed by atoms with Crippen molar-refractivity contribution >= 4 is 40.0 Å². The minimum atomic E-state index is -3.65. The van der Waals surface area contributed by atoms with Crippen LogP contribution in [0, 0.1) is 0 Å². The molecule has 1 rings (SSSR count). The molecule has 0 amide bonds. The Balaban J connectivity index is 0.00000529. The SMILES string of the molecule is CCCCCCCCNC(N)=NCc1ccc(S(N)(=O)=O)cc1.I. The number of guanidine groups is 1. The monoisotopic (exact) mass is 468 g/mol. The van der Waals surface area contributed by atoms with E-state index < -0.39 is 10.0 Å². The molecule has 0 radical (unpaired) electrons. The second kappa shape index (κ2) is 12.5. The summed E-state index contributed by atoms with van der Waals surface area (Å²) in [5, 5.41) is 8.14. The van der Waals surface area contributed by atoms with Crippen LogP contribution < -0.4 is 16.2 Å². The van der Waals surface area contributed by atoms with Crippen molar-refractivity contribution in [3.05, 3.63) is 29.8 Å². The molecule has 1 aromatic rings. The molecule has 138 valence electrons. The molecule has 0 fully saturated rings. The van der Waals surface area contributed by atoms with Crippen molar-refractivity contribution in [1.82, 2.24) is 5.32 Å². The molecule has 0 heterocycles. The van der Waals surface area contributed by atoms with E-state index in [0.717, 1.165) is 18.5 Å². The average molecular weight is 468 g/mol. The maximum absolute atomic E-state index is 11.2. The Bertz CT molecular complexity index is 589. The highest BCUT2D eigenvalue weighted by Crippen LogP contribution is 2.09. The number of halogens is 1. The Morgan fingerprint density at radius 2 is 1.67 bits per heavy atom. The van der Waals surface area contributed by atoms with Crippen molar-refractivity contribution < 1.29 is 8.42 Å². The highest BCUT2D eigenvalue weighted by Gasteiger charge is 2.06. The molecule has 0 aliphatic carbocycles. The van der Waals surface area contributed by atoms with Gasteiger partial charge in [-0.3, -0.25) is 0 Å². The molecule has 0 atom stereocenters. The summed E-state index contributed by atoms with van der Waals surface area (Å²) < 4.78 is 22.3. The van der Waals surface area contributed by atoms with Crippen molar-refractivity contribution in [1.29, 1.82) is 0 Å². The first kappa shape index (κ1) is 23.1. The predicted molar refractivity (Wildman–Crippen MR) is 110 cm³/mol. The van der Waals surface area contributed by atoms with Gasteiger partial charge in [-0.25, -0.2) is 18.5 Å². The molecule has 0 saturated carbocycles. The molecule has 0 aromatic heterocycles. The quantitative estimate of drug-likeness (QED) is 0.212. The van der Waals surface area contributed by atoms with Gasteiger partial charge >= 0.3 is 0 Å². The van der Waals surface area contributed by atoms with Crippen LogP contribution in [-0.4, -0.2) is 20.9 Å². The fourth-order valence-corrected chi connectivity index (χ4v) is 2.65. The standard InChI is InChI=1S/C16H28N4O2S.HI/c1-2-3-4-5-6-7-12-19-16(17)20-13-14-8-10-15(11-9-14)23(18,21)22;/h8-11H,2-7,12-13H2,1H3,(H3,17,19,20)(H2,18,21,22);1H. The number of primary sulfonamides is 1. The first-order chi connectivity index (χ1) is 10.9. The molecule has 0 aliphatic heterocycles. The van der Waals surface area contributed by atoms with Crippen LogP contribution >= 0.6 is 24.0 Å². The Labute approximate surface area is 162 Å². The Morgan fingerprint density at radius 3 is 2.25 bits per heavy atom. The number of nitrogens with zero attached hydrogens (tertiary/aromatic N) is 1. The number of nitrogens with one attached hydrogen (secondary N) is 1. The number of sulfonamides is 1. The zero-order valence-electron chi connectivity index (χ0n) is 14.2. The van der Waals surface area contributed by atoms with Gasteiger partial charge in [0.2, 0.25) is 10.0 Å². The van der Waals surface area contributed by atoms with Crippen molar-refractivity contribution in [2.24, 2.45) is 15.9 Å². The lowest BCUT2D eigenvalue weighted by Crippen LogP contribution is -2.32. The molecule has 0 aliphatic rings. The fourth-order valence-electron chi connectivity index (χ4n) is 2.14. The summed E-state index contributed by atoms with van der Waals surface area (Å²) in [6.45, 7) is 3.44. The molecule has 0 spiro atoms. The van der Waals surface area contributed by atoms with Gasteiger partial charge in [-0.05, 0) is 24.1 Å². The van der Waals surface area contributed by atoms with Crippen LogP contribution in [-0.2, 0) is 16.6 Å². The van der Waals surface area contributed by atoms with Gasteiger partial charge in [0.15, 0.2) is 5.96 Å². The van der Waals surface area contributed by atoms with E-state index in [1.165, 1.54) is 44.2 Å². The van der Waals surface area contributed by atoms with E-state index in [2.05, 4.69) is 17.2 Å². The first-order valence-electron chi connectivity index (χ1n) is 8.09. The van der Waals surface area contributed by atoms with Gasteiger partial charge in [0.05, 0.1) is 11.4 Å². The van der Waals surface area contributed by atoms with E-state index in [4.69, 9.17) is 10.9 Å². The van der Waals surface area contributed by atoms with Gasteiger partial charge in [0.25, 0.3) is 0 Å². The van der Waals surface area contributed by atoms with Crippen LogP contribution in [0.1, 0.15) is 51.0 Å². The molecule has 8 heteroatoms. The second-order valence-electron chi connectivity index (χ2n) is 5.58. The van der Waals surface area contributed by atoms with E-state index in [-0.39, 0.29) is 28.9 Å². The lowest BCUT2D eigenvalue weighted by molar-refractivity contribution is 0.597. The minimum absolute atomic E-state index is 0. The number of nitrogens with two attached hydrogens (primary N) is 2. The smallest absolute Gasteiger partial charge is 0.238 e. The van der Waals surface area contributed by atoms with Gasteiger partial charge in [0, 0.05) is 6.54 Å². The van der Waals surface area contributed by atoms with E-state index in [1.807, 2.05) is 0 Å². The molecule has 1 aromatic carbocycles. The van der Waals surface area contributed by atoms with Crippen LogP contribution in [0.25, 0.3) is 0 Å². The average Bonchev–Trinajstić information content (AvgIpc) is 2.51. The predicted octanol–water partition coefficient (Wildman–Crippen LogP) is 2.72. The highest BCUT2D eigenvalue weighted by atomic mass is 127. The van der Waals surface area contributed by atoms with Gasteiger partial charge in [-0.2, -0.15) is 0 Å². The number of hydrogen-bond donors (Lipinski definition) is 3. The van der Waals surface area contributed by atoms with Gasteiger partial charge in [-0.1, -0.05) is 51.2 Å². The van der Waals surface area contributed by atoms with Gasteiger partial charge < -0.3 is 11.1 Å². The fraction of sp³-hybridized carbons (Fsp3) is 0.562. The van der Waals surface area contributed by atoms with E-state index in [9.17, 15) is 8.42 Å². The number of unbranched alkanes of at least 4 members (excludes halogenated alkanes) is 5. The van der Waals surface area contributed by atoms with Crippen molar-refractivity contribution in [2.75, 3.05) is 6.54 Å². The number of aliphatic imine (C=N–C) groups is 1. The highest BCUT2D eigenvalue weighted by molar-refractivity contribution is 14.0. The van der Waals surface area contributed by atoms with E-state index >= 15 is 0 Å². The normalized spacial score (nSPS) is 11.8. The van der Waals surface area contributed by atoms with Crippen LogP contribution in [0.4, 0.5) is 0 Å². The summed E-state index contributed by atoms with van der Waals surface area (Å²) in [4.78, 5) is 4.33. The molecule has 0 unspecified atom stereocenters. The lowest BCUT2D eigenvalue weighted by Gasteiger charge is -2.06. The molecular formula is C16H29IN4O2S. The molecule has 6 nitrogen and oxygen atoms in total. The van der Waals surface area contributed by atoms with Gasteiger partial charge in [-0.15, -0.1) is 24.0 Å². The zero-order valence-corrected chi connectivity index (χ0v) is 17.3. The second-order valence-corrected chi connectivity index (χ2v) is 7.15. The lowest BCUT2D eigenvalue weighted by atomic mass is 10.1. The summed E-state index contributed by atoms with van der Waals surface area (Å²) in [6, 6.07) is 6.31. The van der Waals surface area contributed by atoms with Gasteiger partial charge in [0.1, 0.15) is 0 Å². The van der Waals surface area contributed by atoms with Crippen molar-refractivity contribution in [2.45, 2.75) is 56.9 Å². The summed E-state index contributed by atoms with van der Waals surface area (Å²) in [6.07, 6.45) is 7.42. The molecule has 5 N–H and O–H groups in total. The summed E-state index contributed by atoms with van der Waals surface area (Å²) in [7, 11) is -3.65. The third-order valence-electron chi connectivity index (χ3n) is 3.52. The van der Waals surface area contributed by atoms with Crippen molar-refractivity contribution in [3.63, 3.8) is 0 Å². The third-order valence-corrected chi connectivity index (χ3v) is 4.45. The summed E-state index contributed by atoms with van der Waals surface area (Å²) in [5.74, 6) is 0.411. The van der Waals surface area contributed by atoms with E-state index in [1.54, 1.807) is 12.1 Å². The third kappa shape index (κ3) is 10.1. The Hall–Kier alpha value is -0.870. The topological polar surface area (TPSA) is 111 Å².